The van der Waals surface area contributed by atoms with Crippen LogP contribution in [-0.2, 0) is 16.0 Å². The van der Waals surface area contributed by atoms with E-state index >= 15 is 0 Å². The van der Waals surface area contributed by atoms with Gasteiger partial charge in [0, 0.05) is 18.7 Å². The summed E-state index contributed by atoms with van der Waals surface area (Å²) in [6, 6.07) is 21.3. The molecule has 0 radical (unpaired) electrons. The first-order valence-electron chi connectivity index (χ1n) is 12.9. The van der Waals surface area contributed by atoms with E-state index < -0.39 is 6.10 Å². The number of rotatable bonds is 8. The molecular weight excluding hydrogens is 464 g/mol. The van der Waals surface area contributed by atoms with Gasteiger partial charge in [-0.2, -0.15) is 0 Å². The van der Waals surface area contributed by atoms with E-state index in [1.807, 2.05) is 17.0 Å². The summed E-state index contributed by atoms with van der Waals surface area (Å²) >= 11 is 0. The third kappa shape index (κ3) is 6.31. The molecule has 0 aliphatic carbocycles. The van der Waals surface area contributed by atoms with E-state index in [1.165, 1.54) is 11.1 Å². The van der Waals surface area contributed by atoms with Crippen molar-refractivity contribution < 1.29 is 19.1 Å². The number of aryl methyl sites for hydroxylation is 1. The highest BCUT2D eigenvalue weighted by molar-refractivity contribution is 5.94. The summed E-state index contributed by atoms with van der Waals surface area (Å²) in [6.45, 7) is 8.61. The van der Waals surface area contributed by atoms with Crippen LogP contribution in [0.1, 0.15) is 55.5 Å². The van der Waals surface area contributed by atoms with E-state index in [1.54, 1.807) is 38.3 Å². The van der Waals surface area contributed by atoms with E-state index in [4.69, 9.17) is 9.47 Å². The molecule has 4 rings (SSSR count). The molecule has 0 fully saturated rings. The molecule has 194 valence electrons. The Kier molecular flexibility index (Phi) is 8.17. The van der Waals surface area contributed by atoms with Crippen molar-refractivity contribution in [3.8, 4) is 11.5 Å². The Hall–Kier alpha value is -3.80. The molecule has 1 heterocycles. The monoisotopic (exact) mass is 500 g/mol. The fraction of sp³-hybridized carbons (Fsp3) is 0.355. The highest BCUT2D eigenvalue weighted by Crippen LogP contribution is 2.38. The standard InChI is InChI=1S/C31H36N2O4/c1-20(2)18-29(34)33-17-16-23-10-13-27(19-28(23)30(33)24-8-6-21(3)7-9-24)37-22(4)31(35)32-25-11-14-26(36-5)15-12-25/h6-15,19-20,22,30H,16-18H2,1-5H3,(H,32,35). The lowest BCUT2D eigenvalue weighted by Crippen LogP contribution is -2.41. The topological polar surface area (TPSA) is 67.9 Å². The number of anilines is 1. The molecule has 1 N–H and O–H groups in total. The minimum Gasteiger partial charge on any atom is -0.497 e. The summed E-state index contributed by atoms with van der Waals surface area (Å²) in [5.41, 5.74) is 5.17. The van der Waals surface area contributed by atoms with Gasteiger partial charge in [-0.1, -0.05) is 49.7 Å². The minimum absolute atomic E-state index is 0.157. The van der Waals surface area contributed by atoms with Gasteiger partial charge in [-0.15, -0.1) is 0 Å². The van der Waals surface area contributed by atoms with Gasteiger partial charge >= 0.3 is 0 Å². The second kappa shape index (κ2) is 11.5. The Labute approximate surface area is 219 Å². The molecule has 2 atom stereocenters. The van der Waals surface area contributed by atoms with Crippen LogP contribution in [0.2, 0.25) is 0 Å². The molecule has 2 unspecified atom stereocenters. The normalized spacial score (nSPS) is 15.6. The first-order valence-corrected chi connectivity index (χ1v) is 12.9. The third-order valence-corrected chi connectivity index (χ3v) is 6.68. The molecule has 0 spiro atoms. The molecule has 3 aromatic carbocycles. The molecule has 6 heteroatoms. The van der Waals surface area contributed by atoms with E-state index in [0.29, 0.717) is 24.4 Å². The Morgan fingerprint density at radius 2 is 1.65 bits per heavy atom. The SMILES string of the molecule is COc1ccc(NC(=O)C(C)Oc2ccc3c(c2)C(c2ccc(C)cc2)N(C(=O)CC(C)C)CC3)cc1. The summed E-state index contributed by atoms with van der Waals surface area (Å²) in [4.78, 5) is 28.1. The fourth-order valence-electron chi connectivity index (χ4n) is 4.69. The molecule has 1 aliphatic rings. The number of hydrogen-bond donors (Lipinski definition) is 1. The van der Waals surface area contributed by atoms with Gasteiger partial charge in [0.25, 0.3) is 5.91 Å². The minimum atomic E-state index is -0.708. The predicted octanol–water partition coefficient (Wildman–Crippen LogP) is 5.93. The van der Waals surface area contributed by atoms with E-state index in [9.17, 15) is 9.59 Å². The van der Waals surface area contributed by atoms with Gasteiger partial charge in [-0.25, -0.2) is 0 Å². The van der Waals surface area contributed by atoms with Crippen LogP contribution in [0.25, 0.3) is 0 Å². The molecule has 0 saturated heterocycles. The lowest BCUT2D eigenvalue weighted by molar-refractivity contribution is -0.134. The number of ether oxygens (including phenoxy) is 2. The van der Waals surface area contributed by atoms with Gasteiger partial charge in [-0.05, 0) is 79.3 Å². The van der Waals surface area contributed by atoms with Crippen molar-refractivity contribution in [1.29, 1.82) is 0 Å². The fourth-order valence-corrected chi connectivity index (χ4v) is 4.69. The van der Waals surface area contributed by atoms with Crippen LogP contribution in [0.15, 0.2) is 66.7 Å². The first kappa shape index (κ1) is 26.3. The van der Waals surface area contributed by atoms with Gasteiger partial charge in [0.05, 0.1) is 13.2 Å². The zero-order valence-corrected chi connectivity index (χ0v) is 22.3. The van der Waals surface area contributed by atoms with E-state index in [-0.39, 0.29) is 23.8 Å². The average molecular weight is 501 g/mol. The smallest absolute Gasteiger partial charge is 0.265 e. The van der Waals surface area contributed by atoms with E-state index in [2.05, 4.69) is 56.4 Å². The zero-order chi connectivity index (χ0) is 26.5. The maximum absolute atomic E-state index is 13.3. The summed E-state index contributed by atoms with van der Waals surface area (Å²) in [5, 5.41) is 2.88. The van der Waals surface area contributed by atoms with Crippen LogP contribution in [0.3, 0.4) is 0 Å². The highest BCUT2D eigenvalue weighted by Gasteiger charge is 2.32. The molecule has 0 saturated carbocycles. The Morgan fingerprint density at radius 1 is 0.973 bits per heavy atom. The number of nitrogens with zero attached hydrogens (tertiary/aromatic N) is 1. The Bertz CT molecular complexity index is 1240. The van der Waals surface area contributed by atoms with Crippen molar-refractivity contribution in [2.45, 2.75) is 52.7 Å². The van der Waals surface area contributed by atoms with Gasteiger partial charge in [-0.3, -0.25) is 9.59 Å². The molecule has 1 aliphatic heterocycles. The molecule has 2 amide bonds. The van der Waals surface area contributed by atoms with Crippen LogP contribution in [0, 0.1) is 12.8 Å². The molecule has 37 heavy (non-hydrogen) atoms. The Morgan fingerprint density at radius 3 is 2.30 bits per heavy atom. The van der Waals surface area contributed by atoms with Crippen LogP contribution in [0.4, 0.5) is 5.69 Å². The molecule has 3 aromatic rings. The first-order chi connectivity index (χ1) is 17.7. The highest BCUT2D eigenvalue weighted by atomic mass is 16.5. The van der Waals surface area contributed by atoms with E-state index in [0.717, 1.165) is 23.3 Å². The van der Waals surface area contributed by atoms with Crippen molar-refractivity contribution in [3.63, 3.8) is 0 Å². The maximum atomic E-state index is 13.3. The number of carbonyl (C=O) groups excluding carboxylic acids is 2. The van der Waals surface area contributed by atoms with Crippen molar-refractivity contribution in [2.24, 2.45) is 5.92 Å². The molecule has 6 nitrogen and oxygen atoms in total. The number of hydrogen-bond acceptors (Lipinski definition) is 4. The number of methoxy groups -OCH3 is 1. The van der Waals surface area contributed by atoms with Gasteiger partial charge < -0.3 is 19.7 Å². The molecule has 0 aromatic heterocycles. The van der Waals surface area contributed by atoms with Crippen LogP contribution < -0.4 is 14.8 Å². The van der Waals surface area contributed by atoms with Crippen molar-refractivity contribution >= 4 is 17.5 Å². The van der Waals surface area contributed by atoms with Gasteiger partial charge in [0.2, 0.25) is 5.91 Å². The summed E-state index contributed by atoms with van der Waals surface area (Å²) in [6.07, 6.45) is 0.589. The van der Waals surface area contributed by atoms with Crippen LogP contribution >= 0.6 is 0 Å². The summed E-state index contributed by atoms with van der Waals surface area (Å²) < 4.78 is 11.3. The zero-order valence-electron chi connectivity index (χ0n) is 22.3. The lowest BCUT2D eigenvalue weighted by atomic mass is 9.87. The Balaban J connectivity index is 1.58. The summed E-state index contributed by atoms with van der Waals surface area (Å²) in [5.74, 6) is 1.52. The second-order valence-corrected chi connectivity index (χ2v) is 10.1. The average Bonchev–Trinajstić information content (AvgIpc) is 2.88. The molecule has 0 bridgehead atoms. The van der Waals surface area contributed by atoms with Crippen LogP contribution in [-0.4, -0.2) is 36.5 Å². The van der Waals surface area contributed by atoms with Crippen molar-refractivity contribution in [2.75, 3.05) is 19.0 Å². The predicted molar refractivity (Wildman–Crippen MR) is 146 cm³/mol. The van der Waals surface area contributed by atoms with Crippen molar-refractivity contribution in [1.82, 2.24) is 4.90 Å². The number of carbonyl (C=O) groups is 2. The quantitative estimate of drug-likeness (QED) is 0.416. The lowest BCUT2D eigenvalue weighted by Gasteiger charge is -2.38. The number of benzene rings is 3. The second-order valence-electron chi connectivity index (χ2n) is 10.1. The third-order valence-electron chi connectivity index (χ3n) is 6.68. The molecular formula is C31H36N2O4. The van der Waals surface area contributed by atoms with Crippen molar-refractivity contribution in [3.05, 3.63) is 89.0 Å². The number of amides is 2. The number of nitrogens with one attached hydrogen (secondary N) is 1. The summed E-state index contributed by atoms with van der Waals surface area (Å²) in [7, 11) is 1.60. The maximum Gasteiger partial charge on any atom is 0.265 e. The largest absolute Gasteiger partial charge is 0.497 e. The number of fused-ring (bicyclic) bond motifs is 1. The van der Waals surface area contributed by atoms with Gasteiger partial charge in [0.1, 0.15) is 11.5 Å². The van der Waals surface area contributed by atoms with Gasteiger partial charge in [0.15, 0.2) is 6.10 Å². The van der Waals surface area contributed by atoms with Crippen LogP contribution in [0.5, 0.6) is 11.5 Å².